The van der Waals surface area contributed by atoms with Crippen LogP contribution in [0.25, 0.3) is 0 Å². The fourth-order valence-corrected chi connectivity index (χ4v) is 2.99. The van der Waals surface area contributed by atoms with Gasteiger partial charge in [0.25, 0.3) is 0 Å². The summed E-state index contributed by atoms with van der Waals surface area (Å²) in [5.74, 6) is 0. The number of ether oxygens (including phenoxy) is 1. The molecule has 0 aromatic heterocycles. The van der Waals surface area contributed by atoms with Crippen LogP contribution in [0.1, 0.15) is 51.2 Å². The van der Waals surface area contributed by atoms with E-state index in [4.69, 9.17) is 16.3 Å². The molecule has 23 heavy (non-hydrogen) atoms. The third-order valence-corrected chi connectivity index (χ3v) is 4.40. The van der Waals surface area contributed by atoms with Crippen LogP contribution in [0.2, 0.25) is 5.02 Å². The molecule has 0 radical (unpaired) electrons. The quantitative estimate of drug-likeness (QED) is 0.846. The van der Waals surface area contributed by atoms with Gasteiger partial charge in [0.15, 0.2) is 0 Å². The van der Waals surface area contributed by atoms with Crippen LogP contribution < -0.4 is 10.6 Å². The van der Waals surface area contributed by atoms with Gasteiger partial charge >= 0.3 is 6.09 Å². The highest BCUT2D eigenvalue weighted by molar-refractivity contribution is 6.30. The van der Waals surface area contributed by atoms with Gasteiger partial charge in [-0.25, -0.2) is 4.79 Å². The molecule has 2 rings (SSSR count). The Morgan fingerprint density at radius 1 is 1.35 bits per heavy atom. The van der Waals surface area contributed by atoms with Gasteiger partial charge in [-0.05, 0) is 70.2 Å². The molecule has 0 saturated heterocycles. The predicted octanol–water partition coefficient (Wildman–Crippen LogP) is 4.19. The number of aryl methyl sites for hydroxylation is 1. The average Bonchev–Trinajstić information content (AvgIpc) is 2.36. The van der Waals surface area contributed by atoms with Gasteiger partial charge in [0, 0.05) is 18.1 Å². The fourth-order valence-electron chi connectivity index (χ4n) is 2.76. The van der Waals surface area contributed by atoms with Crippen molar-refractivity contribution in [2.24, 2.45) is 0 Å². The van der Waals surface area contributed by atoms with E-state index >= 15 is 0 Å². The lowest BCUT2D eigenvalue weighted by Gasteiger charge is -2.43. The van der Waals surface area contributed by atoms with Crippen LogP contribution in [0.15, 0.2) is 18.2 Å². The largest absolute Gasteiger partial charge is 0.444 e. The first-order valence-electron chi connectivity index (χ1n) is 8.16. The number of hydrogen-bond acceptors (Lipinski definition) is 3. The van der Waals surface area contributed by atoms with Crippen LogP contribution in [-0.2, 0) is 11.3 Å². The van der Waals surface area contributed by atoms with Crippen LogP contribution in [0.3, 0.4) is 0 Å². The predicted molar refractivity (Wildman–Crippen MR) is 93.8 cm³/mol. The monoisotopic (exact) mass is 338 g/mol. The first-order chi connectivity index (χ1) is 10.7. The van der Waals surface area contributed by atoms with Crippen molar-refractivity contribution in [2.45, 2.75) is 64.6 Å². The van der Waals surface area contributed by atoms with E-state index < -0.39 is 5.60 Å². The molecule has 0 atom stereocenters. The minimum atomic E-state index is -0.469. The maximum atomic E-state index is 12.0. The number of amides is 1. The Balaban J connectivity index is 1.86. The molecule has 2 N–H and O–H groups in total. The Labute approximate surface area is 143 Å². The summed E-state index contributed by atoms with van der Waals surface area (Å²) in [6.45, 7) is 9.20. The van der Waals surface area contributed by atoms with Gasteiger partial charge in [-0.3, -0.25) is 0 Å². The zero-order valence-corrected chi connectivity index (χ0v) is 15.2. The molecule has 0 spiro atoms. The molecule has 1 fully saturated rings. The minimum absolute atomic E-state index is 0.178. The van der Waals surface area contributed by atoms with Gasteiger partial charge < -0.3 is 15.4 Å². The summed E-state index contributed by atoms with van der Waals surface area (Å²) in [5.41, 5.74) is 1.75. The van der Waals surface area contributed by atoms with Crippen molar-refractivity contribution in [1.29, 1.82) is 0 Å². The number of nitrogens with one attached hydrogen (secondary N) is 2. The summed E-state index contributed by atoms with van der Waals surface area (Å²) in [4.78, 5) is 12.0. The van der Waals surface area contributed by atoms with E-state index in [0.29, 0.717) is 0 Å². The van der Waals surface area contributed by atoms with Gasteiger partial charge in [0.2, 0.25) is 0 Å². The van der Waals surface area contributed by atoms with Crippen molar-refractivity contribution < 1.29 is 9.53 Å². The molecule has 0 unspecified atom stereocenters. The standard InChI is InChI=1S/C18H27ClN2O2/c1-13-10-15(19)7-6-14(13)11-20-12-18(8-5-9-18)21-16(22)23-17(2,3)4/h6-7,10,20H,5,8-9,11-12H2,1-4H3,(H,21,22). The zero-order chi connectivity index (χ0) is 17.1. The topological polar surface area (TPSA) is 50.4 Å². The normalized spacial score (nSPS) is 16.6. The smallest absolute Gasteiger partial charge is 0.408 e. The van der Waals surface area contributed by atoms with Crippen molar-refractivity contribution in [1.82, 2.24) is 10.6 Å². The molecule has 1 aromatic carbocycles. The van der Waals surface area contributed by atoms with Gasteiger partial charge in [0.05, 0.1) is 5.54 Å². The molecule has 1 aliphatic rings. The van der Waals surface area contributed by atoms with Gasteiger partial charge in [-0.1, -0.05) is 17.7 Å². The number of benzene rings is 1. The molecule has 0 heterocycles. The molecular weight excluding hydrogens is 312 g/mol. The molecule has 128 valence electrons. The Morgan fingerprint density at radius 3 is 2.57 bits per heavy atom. The zero-order valence-electron chi connectivity index (χ0n) is 14.5. The van der Waals surface area contributed by atoms with Gasteiger partial charge in [-0.2, -0.15) is 0 Å². The van der Waals surface area contributed by atoms with Gasteiger partial charge in [-0.15, -0.1) is 0 Å². The second-order valence-corrected chi connectivity index (χ2v) is 7.87. The van der Waals surface area contributed by atoms with Crippen molar-refractivity contribution in [3.63, 3.8) is 0 Å². The number of hydrogen-bond donors (Lipinski definition) is 2. The number of carbonyl (C=O) groups is 1. The second kappa shape index (κ2) is 7.10. The molecule has 4 nitrogen and oxygen atoms in total. The van der Waals surface area contributed by atoms with E-state index in [-0.39, 0.29) is 11.6 Å². The maximum Gasteiger partial charge on any atom is 0.408 e. The highest BCUT2D eigenvalue weighted by Crippen LogP contribution is 2.31. The summed E-state index contributed by atoms with van der Waals surface area (Å²) in [7, 11) is 0. The lowest BCUT2D eigenvalue weighted by molar-refractivity contribution is 0.0382. The van der Waals surface area contributed by atoms with E-state index in [1.807, 2.05) is 39.0 Å². The SMILES string of the molecule is Cc1cc(Cl)ccc1CNCC1(NC(=O)OC(C)(C)C)CCC1. The molecule has 0 aliphatic heterocycles. The van der Waals surface area contributed by atoms with E-state index in [1.54, 1.807) is 0 Å². The summed E-state index contributed by atoms with van der Waals surface area (Å²) in [6.07, 6.45) is 2.77. The Morgan fingerprint density at radius 2 is 2.04 bits per heavy atom. The summed E-state index contributed by atoms with van der Waals surface area (Å²) in [5, 5.41) is 7.27. The first-order valence-corrected chi connectivity index (χ1v) is 8.54. The lowest BCUT2D eigenvalue weighted by Crippen LogP contribution is -2.59. The van der Waals surface area contributed by atoms with Crippen molar-refractivity contribution >= 4 is 17.7 Å². The van der Waals surface area contributed by atoms with E-state index in [0.717, 1.165) is 37.4 Å². The van der Waals surface area contributed by atoms with Crippen LogP contribution in [0.5, 0.6) is 0 Å². The number of alkyl carbamates (subject to hydrolysis) is 1. The highest BCUT2D eigenvalue weighted by Gasteiger charge is 2.39. The highest BCUT2D eigenvalue weighted by atomic mass is 35.5. The number of halogens is 1. The van der Waals surface area contributed by atoms with Crippen LogP contribution in [0, 0.1) is 6.92 Å². The molecule has 1 saturated carbocycles. The third-order valence-electron chi connectivity index (χ3n) is 4.16. The Kier molecular flexibility index (Phi) is 5.58. The second-order valence-electron chi connectivity index (χ2n) is 7.44. The first kappa shape index (κ1) is 18.1. The summed E-state index contributed by atoms with van der Waals surface area (Å²) >= 11 is 5.98. The molecule has 0 bridgehead atoms. The molecule has 1 aromatic rings. The maximum absolute atomic E-state index is 12.0. The fraction of sp³-hybridized carbons (Fsp3) is 0.611. The van der Waals surface area contributed by atoms with Crippen molar-refractivity contribution in [2.75, 3.05) is 6.54 Å². The van der Waals surface area contributed by atoms with E-state index in [1.165, 1.54) is 11.1 Å². The van der Waals surface area contributed by atoms with Gasteiger partial charge in [0.1, 0.15) is 5.60 Å². The Bertz CT molecular complexity index is 563. The van der Waals surface area contributed by atoms with Crippen LogP contribution >= 0.6 is 11.6 Å². The molecular formula is C18H27ClN2O2. The third kappa shape index (κ3) is 5.40. The van der Waals surface area contributed by atoms with Crippen molar-refractivity contribution in [3.05, 3.63) is 34.3 Å². The summed E-state index contributed by atoms with van der Waals surface area (Å²) in [6, 6.07) is 5.92. The average molecular weight is 339 g/mol. The number of rotatable bonds is 5. The minimum Gasteiger partial charge on any atom is -0.444 e. The molecule has 5 heteroatoms. The Hall–Kier alpha value is -1.26. The molecule has 1 amide bonds. The lowest BCUT2D eigenvalue weighted by atomic mass is 9.76. The van der Waals surface area contributed by atoms with Crippen LogP contribution in [0.4, 0.5) is 4.79 Å². The van der Waals surface area contributed by atoms with E-state index in [9.17, 15) is 4.79 Å². The number of carbonyl (C=O) groups excluding carboxylic acids is 1. The van der Waals surface area contributed by atoms with Crippen LogP contribution in [-0.4, -0.2) is 23.8 Å². The summed E-state index contributed by atoms with van der Waals surface area (Å²) < 4.78 is 5.37. The molecule has 1 aliphatic carbocycles. The van der Waals surface area contributed by atoms with Crippen molar-refractivity contribution in [3.8, 4) is 0 Å². The van der Waals surface area contributed by atoms with E-state index in [2.05, 4.69) is 17.6 Å².